The Kier molecular flexibility index (Phi) is 3.19. The fourth-order valence-electron chi connectivity index (χ4n) is 2.33. The Balaban J connectivity index is 2.18. The molecule has 2 rings (SSSR count). The molecule has 1 amide bonds. The Hall–Kier alpha value is -1.03. The van der Waals surface area contributed by atoms with E-state index in [1.807, 2.05) is 13.0 Å². The van der Waals surface area contributed by atoms with Crippen LogP contribution < -0.4 is 0 Å². The molecule has 0 spiro atoms. The second kappa shape index (κ2) is 4.45. The number of carboxylic acid groups (broad SMARTS) is 1. The van der Waals surface area contributed by atoms with Crippen LogP contribution in [-0.2, 0) is 12.8 Å². The van der Waals surface area contributed by atoms with Crippen molar-refractivity contribution in [3.8, 4) is 0 Å². The highest BCUT2D eigenvalue weighted by Gasteiger charge is 2.28. The largest absolute Gasteiger partial charge is 0.465 e. The summed E-state index contributed by atoms with van der Waals surface area (Å²) < 4.78 is 1.06. The summed E-state index contributed by atoms with van der Waals surface area (Å²) in [6, 6.07) is 6.28. The van der Waals surface area contributed by atoms with E-state index in [9.17, 15) is 4.79 Å². The summed E-state index contributed by atoms with van der Waals surface area (Å²) >= 11 is 3.44. The molecule has 0 heterocycles. The van der Waals surface area contributed by atoms with Crippen LogP contribution in [-0.4, -0.2) is 28.7 Å². The topological polar surface area (TPSA) is 40.5 Å². The second-order valence-electron chi connectivity index (χ2n) is 4.04. The molecule has 3 nitrogen and oxygen atoms in total. The van der Waals surface area contributed by atoms with E-state index >= 15 is 0 Å². The number of amides is 1. The SMILES string of the molecule is CCN(C(=O)O)[C@H]1Cc2ccc(Br)cc2C1. The van der Waals surface area contributed by atoms with Gasteiger partial charge in [0.15, 0.2) is 0 Å². The number of fused-ring (bicyclic) bond motifs is 1. The van der Waals surface area contributed by atoms with Gasteiger partial charge in [0.05, 0.1) is 0 Å². The minimum atomic E-state index is -0.820. The van der Waals surface area contributed by atoms with Crippen LogP contribution in [0.25, 0.3) is 0 Å². The van der Waals surface area contributed by atoms with Crippen LogP contribution in [0.5, 0.6) is 0 Å². The van der Waals surface area contributed by atoms with E-state index in [0.717, 1.165) is 17.3 Å². The summed E-state index contributed by atoms with van der Waals surface area (Å²) in [7, 11) is 0. The molecule has 0 saturated heterocycles. The third-order valence-electron chi connectivity index (χ3n) is 3.11. The monoisotopic (exact) mass is 283 g/mol. The molecular formula is C12H14BrNO2. The molecule has 0 fully saturated rings. The number of carbonyl (C=O) groups is 1. The van der Waals surface area contributed by atoms with E-state index < -0.39 is 6.09 Å². The molecule has 16 heavy (non-hydrogen) atoms. The van der Waals surface area contributed by atoms with Crippen LogP contribution in [0.15, 0.2) is 22.7 Å². The molecular weight excluding hydrogens is 270 g/mol. The first-order valence-electron chi connectivity index (χ1n) is 5.38. The predicted molar refractivity (Wildman–Crippen MR) is 65.7 cm³/mol. The van der Waals surface area contributed by atoms with E-state index in [4.69, 9.17) is 5.11 Å². The van der Waals surface area contributed by atoms with Gasteiger partial charge in [-0.15, -0.1) is 0 Å². The first kappa shape index (κ1) is 11.5. The molecule has 1 aromatic carbocycles. The molecule has 0 unspecified atom stereocenters. The van der Waals surface area contributed by atoms with Crippen LogP contribution in [0.2, 0.25) is 0 Å². The molecule has 1 atom stereocenters. The number of hydrogen-bond donors (Lipinski definition) is 1. The summed E-state index contributed by atoms with van der Waals surface area (Å²) in [5, 5.41) is 9.08. The number of hydrogen-bond acceptors (Lipinski definition) is 1. The average Bonchev–Trinajstić information content (AvgIpc) is 2.60. The number of benzene rings is 1. The summed E-state index contributed by atoms with van der Waals surface area (Å²) in [6.07, 6.45) is 0.844. The van der Waals surface area contributed by atoms with E-state index in [1.165, 1.54) is 16.0 Å². The van der Waals surface area contributed by atoms with Crippen molar-refractivity contribution in [1.82, 2.24) is 4.90 Å². The van der Waals surface area contributed by atoms with Crippen LogP contribution in [0.3, 0.4) is 0 Å². The normalized spacial score (nSPS) is 18.2. The number of halogens is 1. The van der Waals surface area contributed by atoms with Crippen molar-refractivity contribution in [2.45, 2.75) is 25.8 Å². The molecule has 0 radical (unpaired) electrons. The first-order valence-corrected chi connectivity index (χ1v) is 6.18. The van der Waals surface area contributed by atoms with Gasteiger partial charge >= 0.3 is 6.09 Å². The van der Waals surface area contributed by atoms with Crippen LogP contribution in [0, 0.1) is 0 Å². The summed E-state index contributed by atoms with van der Waals surface area (Å²) in [4.78, 5) is 12.6. The maximum atomic E-state index is 11.1. The maximum Gasteiger partial charge on any atom is 0.407 e. The minimum Gasteiger partial charge on any atom is -0.465 e. The van der Waals surface area contributed by atoms with Gasteiger partial charge in [-0.05, 0) is 43.0 Å². The van der Waals surface area contributed by atoms with Gasteiger partial charge in [0.1, 0.15) is 0 Å². The third kappa shape index (κ3) is 2.07. The molecule has 1 aromatic rings. The Morgan fingerprint density at radius 2 is 2.19 bits per heavy atom. The van der Waals surface area contributed by atoms with E-state index in [0.29, 0.717) is 6.54 Å². The van der Waals surface area contributed by atoms with Gasteiger partial charge in [-0.25, -0.2) is 4.79 Å². The van der Waals surface area contributed by atoms with Crippen LogP contribution in [0.4, 0.5) is 4.79 Å². The van der Waals surface area contributed by atoms with E-state index in [2.05, 4.69) is 28.1 Å². The second-order valence-corrected chi connectivity index (χ2v) is 4.96. The number of rotatable bonds is 2. The molecule has 0 bridgehead atoms. The van der Waals surface area contributed by atoms with Gasteiger partial charge in [0, 0.05) is 17.1 Å². The van der Waals surface area contributed by atoms with Crippen molar-refractivity contribution in [3.63, 3.8) is 0 Å². The van der Waals surface area contributed by atoms with Crippen molar-refractivity contribution in [2.24, 2.45) is 0 Å². The van der Waals surface area contributed by atoms with Crippen molar-refractivity contribution in [2.75, 3.05) is 6.54 Å². The Bertz CT molecular complexity index is 419. The average molecular weight is 284 g/mol. The Labute approximate surface area is 103 Å². The zero-order valence-corrected chi connectivity index (χ0v) is 10.7. The summed E-state index contributed by atoms with van der Waals surface area (Å²) in [5.41, 5.74) is 2.53. The highest BCUT2D eigenvalue weighted by atomic mass is 79.9. The zero-order valence-electron chi connectivity index (χ0n) is 9.11. The number of nitrogens with zero attached hydrogens (tertiary/aromatic N) is 1. The van der Waals surface area contributed by atoms with Crippen molar-refractivity contribution in [3.05, 3.63) is 33.8 Å². The first-order chi connectivity index (χ1) is 7.61. The fourth-order valence-corrected chi connectivity index (χ4v) is 2.74. The van der Waals surface area contributed by atoms with Gasteiger partial charge in [-0.2, -0.15) is 0 Å². The molecule has 1 N–H and O–H groups in total. The summed E-state index contributed by atoms with van der Waals surface area (Å²) in [5.74, 6) is 0. The highest BCUT2D eigenvalue weighted by Crippen LogP contribution is 2.28. The van der Waals surface area contributed by atoms with Gasteiger partial charge < -0.3 is 10.0 Å². The summed E-state index contributed by atoms with van der Waals surface area (Å²) in [6.45, 7) is 2.43. The van der Waals surface area contributed by atoms with Crippen molar-refractivity contribution in [1.29, 1.82) is 0 Å². The van der Waals surface area contributed by atoms with Crippen LogP contribution in [0.1, 0.15) is 18.1 Å². The van der Waals surface area contributed by atoms with Gasteiger partial charge in [0.2, 0.25) is 0 Å². The van der Waals surface area contributed by atoms with Gasteiger partial charge in [0.25, 0.3) is 0 Å². The smallest absolute Gasteiger partial charge is 0.407 e. The molecule has 0 aromatic heterocycles. The quantitative estimate of drug-likeness (QED) is 0.907. The lowest BCUT2D eigenvalue weighted by Gasteiger charge is -2.24. The molecule has 1 aliphatic rings. The van der Waals surface area contributed by atoms with Gasteiger partial charge in [-0.1, -0.05) is 22.0 Å². The lowest BCUT2D eigenvalue weighted by atomic mass is 10.1. The Morgan fingerprint density at radius 3 is 2.81 bits per heavy atom. The fraction of sp³-hybridized carbons (Fsp3) is 0.417. The Morgan fingerprint density at radius 1 is 1.50 bits per heavy atom. The van der Waals surface area contributed by atoms with Crippen molar-refractivity contribution < 1.29 is 9.90 Å². The minimum absolute atomic E-state index is 0.104. The molecule has 86 valence electrons. The molecule has 4 heteroatoms. The zero-order chi connectivity index (χ0) is 11.7. The lowest BCUT2D eigenvalue weighted by molar-refractivity contribution is 0.129. The van der Waals surface area contributed by atoms with Crippen molar-refractivity contribution >= 4 is 22.0 Å². The van der Waals surface area contributed by atoms with E-state index in [1.54, 1.807) is 0 Å². The highest BCUT2D eigenvalue weighted by molar-refractivity contribution is 9.10. The van der Waals surface area contributed by atoms with E-state index in [-0.39, 0.29) is 6.04 Å². The predicted octanol–water partition coefficient (Wildman–Crippen LogP) is 2.92. The van der Waals surface area contributed by atoms with Gasteiger partial charge in [-0.3, -0.25) is 0 Å². The van der Waals surface area contributed by atoms with Crippen LogP contribution >= 0.6 is 15.9 Å². The third-order valence-corrected chi connectivity index (χ3v) is 3.60. The molecule has 1 aliphatic carbocycles. The number of likely N-dealkylation sites (N-methyl/N-ethyl adjacent to an activating group) is 1. The maximum absolute atomic E-state index is 11.1. The standard InChI is InChI=1S/C12H14BrNO2/c1-2-14(12(15)16)11-6-8-3-4-10(13)5-9(8)7-11/h3-5,11H,2,6-7H2,1H3,(H,15,16)/t11-/m0/s1. The lowest BCUT2D eigenvalue weighted by Crippen LogP contribution is -2.39. The molecule has 0 saturated carbocycles. The molecule has 0 aliphatic heterocycles.